The van der Waals surface area contributed by atoms with Crippen molar-refractivity contribution in [2.45, 2.75) is 13.8 Å². The van der Waals surface area contributed by atoms with Crippen LogP contribution in [0.3, 0.4) is 0 Å². The minimum atomic E-state index is 0.758. The molecule has 2 heterocycles. The molecule has 2 aromatic heterocycles. The van der Waals surface area contributed by atoms with Gasteiger partial charge in [0.25, 0.3) is 0 Å². The zero-order chi connectivity index (χ0) is 12.7. The van der Waals surface area contributed by atoms with Crippen molar-refractivity contribution in [1.82, 2.24) is 4.98 Å². The van der Waals surface area contributed by atoms with Crippen LogP contribution in [0.5, 0.6) is 0 Å². The molecule has 0 aliphatic rings. The maximum atomic E-state index is 5.93. The Kier molecular flexibility index (Phi) is 2.80. The quantitative estimate of drug-likeness (QED) is 0.617. The Morgan fingerprint density at radius 3 is 2.61 bits per heavy atom. The highest BCUT2D eigenvalue weighted by atomic mass is 35.5. The van der Waals surface area contributed by atoms with Crippen LogP contribution in [0.25, 0.3) is 16.2 Å². The number of halogens is 1. The summed E-state index contributed by atoms with van der Waals surface area (Å²) in [6.07, 6.45) is 0. The largest absolute Gasteiger partial charge is 0.387 e. The van der Waals surface area contributed by atoms with Gasteiger partial charge in [-0.3, -0.25) is 0 Å². The smallest absolute Gasteiger partial charge is 0.183 e. The molecule has 2 nitrogen and oxygen atoms in total. The zero-order valence-electron chi connectivity index (χ0n) is 10.1. The second kappa shape index (κ2) is 4.34. The molecule has 0 fully saturated rings. The molecule has 1 aromatic carbocycles. The van der Waals surface area contributed by atoms with Crippen molar-refractivity contribution in [3.63, 3.8) is 0 Å². The Balaban J connectivity index is 2.27. The van der Waals surface area contributed by atoms with E-state index >= 15 is 0 Å². The van der Waals surface area contributed by atoms with Gasteiger partial charge in [-0.2, -0.15) is 4.40 Å². The van der Waals surface area contributed by atoms with Gasteiger partial charge in [0.2, 0.25) is 0 Å². The third kappa shape index (κ3) is 1.89. The third-order valence-electron chi connectivity index (χ3n) is 2.89. The Morgan fingerprint density at radius 2 is 1.89 bits per heavy atom. The van der Waals surface area contributed by atoms with E-state index in [1.807, 2.05) is 31.2 Å². The summed E-state index contributed by atoms with van der Waals surface area (Å²) in [6.45, 7) is 4.13. The lowest BCUT2D eigenvalue weighted by Crippen LogP contribution is -2.26. The van der Waals surface area contributed by atoms with Crippen LogP contribution in [-0.2, 0) is 0 Å². The van der Waals surface area contributed by atoms with Crippen LogP contribution in [-0.4, -0.2) is 4.98 Å². The molecule has 90 valence electrons. The molecule has 0 atom stereocenters. The molecule has 0 aliphatic heterocycles. The number of nitrogens with zero attached hydrogens (tertiary/aromatic N) is 2. The van der Waals surface area contributed by atoms with E-state index in [9.17, 15) is 0 Å². The number of rotatable bonds is 1. The van der Waals surface area contributed by atoms with E-state index in [2.05, 4.69) is 27.8 Å². The Bertz CT molecular complexity index is 716. The molecule has 3 aromatic rings. The van der Waals surface area contributed by atoms with Crippen LogP contribution < -0.4 is 4.40 Å². The van der Waals surface area contributed by atoms with Gasteiger partial charge in [-0.25, -0.2) is 0 Å². The summed E-state index contributed by atoms with van der Waals surface area (Å²) in [6, 6.07) is 10.0. The first-order valence-electron chi connectivity index (χ1n) is 5.68. The van der Waals surface area contributed by atoms with Gasteiger partial charge in [-0.1, -0.05) is 11.6 Å². The lowest BCUT2D eigenvalue weighted by atomic mass is 10.2. The summed E-state index contributed by atoms with van der Waals surface area (Å²) >= 11 is 7.59. The maximum absolute atomic E-state index is 5.93. The van der Waals surface area contributed by atoms with Gasteiger partial charge in [0.1, 0.15) is 5.69 Å². The second-order valence-electron chi connectivity index (χ2n) is 4.28. The number of hydrogen-bond donors (Lipinski definition) is 0. The molecular weight excluding hydrogens is 264 g/mol. The minimum Gasteiger partial charge on any atom is -0.183 e. The van der Waals surface area contributed by atoms with Crippen molar-refractivity contribution in [1.29, 1.82) is 0 Å². The molecule has 0 spiro atoms. The van der Waals surface area contributed by atoms with E-state index in [0.717, 1.165) is 26.9 Å². The first-order valence-corrected chi connectivity index (χ1v) is 6.94. The van der Waals surface area contributed by atoms with Crippen molar-refractivity contribution in [3.05, 3.63) is 52.1 Å². The molecule has 18 heavy (non-hydrogen) atoms. The van der Waals surface area contributed by atoms with Crippen LogP contribution in [0.4, 0.5) is 0 Å². The van der Waals surface area contributed by atoms with Crippen LogP contribution >= 0.6 is 22.9 Å². The molecule has 0 N–H and O–H groups in total. The van der Waals surface area contributed by atoms with Gasteiger partial charge in [0.15, 0.2) is 11.4 Å². The van der Waals surface area contributed by atoms with Gasteiger partial charge in [0.05, 0.1) is 0 Å². The highest BCUT2D eigenvalue weighted by Crippen LogP contribution is 2.22. The SMILES string of the molecule is Cc1cc(C)[n+]2c(-c3ccc(Cl)cc3)csc2n1. The van der Waals surface area contributed by atoms with E-state index < -0.39 is 0 Å². The van der Waals surface area contributed by atoms with E-state index in [-0.39, 0.29) is 0 Å². The number of aromatic nitrogens is 2. The van der Waals surface area contributed by atoms with Crippen molar-refractivity contribution in [2.24, 2.45) is 0 Å². The number of aryl methyl sites for hydroxylation is 2. The van der Waals surface area contributed by atoms with E-state index in [4.69, 9.17) is 11.6 Å². The van der Waals surface area contributed by atoms with Gasteiger partial charge < -0.3 is 0 Å². The molecule has 0 bridgehead atoms. The number of thiazole rings is 1. The van der Waals surface area contributed by atoms with Gasteiger partial charge in [-0.15, -0.1) is 0 Å². The standard InChI is InChI=1S/C14H12ClN2S/c1-9-7-10(2)17-13(8-18-14(17)16-9)11-3-5-12(15)6-4-11/h3-8H,1-2H3/q+1. The fraction of sp³-hybridized carbons (Fsp3) is 0.143. The topological polar surface area (TPSA) is 17.0 Å². The summed E-state index contributed by atoms with van der Waals surface area (Å²) in [4.78, 5) is 5.58. The molecule has 0 saturated carbocycles. The fourth-order valence-electron chi connectivity index (χ4n) is 2.10. The summed E-state index contributed by atoms with van der Waals surface area (Å²) in [5.41, 5.74) is 4.57. The third-order valence-corrected chi connectivity index (χ3v) is 3.97. The van der Waals surface area contributed by atoms with E-state index in [1.165, 1.54) is 5.69 Å². The van der Waals surface area contributed by atoms with E-state index in [0.29, 0.717) is 0 Å². The Morgan fingerprint density at radius 1 is 1.17 bits per heavy atom. The average Bonchev–Trinajstić information content (AvgIpc) is 2.74. The molecule has 0 aliphatic carbocycles. The first-order chi connectivity index (χ1) is 8.65. The molecule has 0 radical (unpaired) electrons. The Labute approximate surface area is 115 Å². The molecule has 3 rings (SSSR count). The first kappa shape index (κ1) is 11.6. The van der Waals surface area contributed by atoms with Gasteiger partial charge >= 0.3 is 4.96 Å². The Hall–Kier alpha value is -1.45. The van der Waals surface area contributed by atoms with Crippen molar-refractivity contribution in [3.8, 4) is 11.3 Å². The van der Waals surface area contributed by atoms with Crippen molar-refractivity contribution < 1.29 is 4.40 Å². The predicted octanol–water partition coefficient (Wildman–Crippen LogP) is 3.82. The molecule has 0 amide bonds. The summed E-state index contributed by atoms with van der Waals surface area (Å²) in [7, 11) is 0. The minimum absolute atomic E-state index is 0.758. The number of hydrogen-bond acceptors (Lipinski definition) is 2. The predicted molar refractivity (Wildman–Crippen MR) is 75.2 cm³/mol. The molecular formula is C14H12ClN2S+. The monoisotopic (exact) mass is 275 g/mol. The van der Waals surface area contributed by atoms with Crippen LogP contribution in [0, 0.1) is 13.8 Å². The lowest BCUT2D eigenvalue weighted by molar-refractivity contribution is -0.505. The molecule has 4 heteroatoms. The van der Waals surface area contributed by atoms with Crippen LogP contribution in [0.2, 0.25) is 5.02 Å². The zero-order valence-corrected chi connectivity index (χ0v) is 11.7. The van der Waals surface area contributed by atoms with Gasteiger partial charge in [-0.05, 0) is 47.5 Å². The summed E-state index contributed by atoms with van der Waals surface area (Å²) < 4.78 is 2.18. The maximum Gasteiger partial charge on any atom is 0.387 e. The highest BCUT2D eigenvalue weighted by molar-refractivity contribution is 7.14. The lowest BCUT2D eigenvalue weighted by Gasteiger charge is -1.99. The fourth-order valence-corrected chi connectivity index (χ4v) is 3.23. The highest BCUT2D eigenvalue weighted by Gasteiger charge is 2.17. The number of benzene rings is 1. The second-order valence-corrected chi connectivity index (χ2v) is 5.56. The number of fused-ring (bicyclic) bond motifs is 1. The van der Waals surface area contributed by atoms with Crippen LogP contribution in [0.1, 0.15) is 11.4 Å². The summed E-state index contributed by atoms with van der Waals surface area (Å²) in [5.74, 6) is 0. The van der Waals surface area contributed by atoms with Gasteiger partial charge in [0, 0.05) is 29.0 Å². The summed E-state index contributed by atoms with van der Waals surface area (Å²) in [5, 5.41) is 2.90. The van der Waals surface area contributed by atoms with E-state index in [1.54, 1.807) is 11.3 Å². The molecule has 0 saturated heterocycles. The molecule has 0 unspecified atom stereocenters. The average molecular weight is 276 g/mol. The normalized spacial score (nSPS) is 11.1. The van der Waals surface area contributed by atoms with Crippen LogP contribution in [0.15, 0.2) is 35.7 Å². The van der Waals surface area contributed by atoms with Crippen molar-refractivity contribution in [2.75, 3.05) is 0 Å². The van der Waals surface area contributed by atoms with Crippen molar-refractivity contribution >= 4 is 27.9 Å².